The molecule has 0 amide bonds. The lowest BCUT2D eigenvalue weighted by atomic mass is 9.90. The first-order chi connectivity index (χ1) is 9.58. The number of carbonyl (C=O) groups is 1. The molecule has 1 unspecified atom stereocenters. The van der Waals surface area contributed by atoms with E-state index in [0.29, 0.717) is 12.8 Å². The van der Waals surface area contributed by atoms with E-state index >= 15 is 0 Å². The fraction of sp³-hybridized carbons (Fsp3) is 0.929. The predicted octanol–water partition coefficient (Wildman–Crippen LogP) is 2.72. The Morgan fingerprint density at radius 3 is 2.48 bits per heavy atom. The molecule has 7 nitrogen and oxygen atoms in total. The van der Waals surface area contributed by atoms with Crippen LogP contribution in [0.4, 0.5) is 0 Å². The van der Waals surface area contributed by atoms with Gasteiger partial charge in [0.15, 0.2) is 0 Å². The summed E-state index contributed by atoms with van der Waals surface area (Å²) in [5.41, 5.74) is -0.729. The van der Waals surface area contributed by atoms with Crippen LogP contribution in [0.1, 0.15) is 60.3 Å². The summed E-state index contributed by atoms with van der Waals surface area (Å²) >= 11 is 0. The van der Waals surface area contributed by atoms with Gasteiger partial charge in [-0.05, 0) is 52.9 Å². The lowest BCUT2D eigenvalue weighted by Crippen LogP contribution is -2.55. The van der Waals surface area contributed by atoms with Crippen molar-refractivity contribution in [2.75, 3.05) is 6.61 Å². The van der Waals surface area contributed by atoms with Gasteiger partial charge in [0.1, 0.15) is 0 Å². The standard InChI is InChI=1S/C14H26N2O5/c1-6-12(17)21-15-13(2,3)8-7-11(9-14(15,4)5)10-20-16(18)19/h11H,6-10H2,1-5H3. The number of carbonyl (C=O) groups excluding carboxylic acids is 1. The Balaban J connectivity index is 2.88. The van der Waals surface area contributed by atoms with Crippen molar-refractivity contribution in [3.63, 3.8) is 0 Å². The van der Waals surface area contributed by atoms with Gasteiger partial charge in [0.25, 0.3) is 5.09 Å². The maximum absolute atomic E-state index is 11.7. The highest BCUT2D eigenvalue weighted by molar-refractivity contribution is 5.68. The Bertz CT molecular complexity index is 395. The number of hydrogen-bond acceptors (Lipinski definition) is 6. The van der Waals surface area contributed by atoms with E-state index in [1.165, 1.54) is 0 Å². The van der Waals surface area contributed by atoms with Gasteiger partial charge in [0.05, 0.1) is 17.7 Å². The SMILES string of the molecule is CCC(=O)ON1C(C)(C)CCC(CO[N+](=O)[O-])CC1(C)C. The summed E-state index contributed by atoms with van der Waals surface area (Å²) in [5, 5.41) is 11.4. The largest absolute Gasteiger partial charge is 0.367 e. The normalized spacial score (nSPS) is 24.9. The molecule has 1 atom stereocenters. The van der Waals surface area contributed by atoms with Crippen LogP contribution in [-0.2, 0) is 14.5 Å². The first-order valence-corrected chi connectivity index (χ1v) is 7.37. The molecule has 122 valence electrons. The van der Waals surface area contributed by atoms with Crippen molar-refractivity contribution in [3.05, 3.63) is 10.1 Å². The van der Waals surface area contributed by atoms with E-state index in [4.69, 9.17) is 4.84 Å². The van der Waals surface area contributed by atoms with Crippen LogP contribution in [0.5, 0.6) is 0 Å². The van der Waals surface area contributed by atoms with Crippen LogP contribution < -0.4 is 0 Å². The molecule has 1 saturated heterocycles. The molecule has 0 aromatic heterocycles. The number of rotatable bonds is 5. The molecule has 0 radical (unpaired) electrons. The first-order valence-electron chi connectivity index (χ1n) is 7.37. The van der Waals surface area contributed by atoms with Crippen LogP contribution in [0.15, 0.2) is 0 Å². The number of hydrogen-bond donors (Lipinski definition) is 0. The second-order valence-corrected chi connectivity index (χ2v) is 6.86. The molecule has 7 heteroatoms. The molecule has 1 aliphatic heterocycles. The molecule has 1 rings (SSSR count). The molecule has 0 saturated carbocycles. The van der Waals surface area contributed by atoms with Crippen LogP contribution in [-0.4, -0.2) is 33.8 Å². The first kappa shape index (κ1) is 17.7. The third-order valence-corrected chi connectivity index (χ3v) is 3.95. The van der Waals surface area contributed by atoms with E-state index in [9.17, 15) is 14.9 Å². The van der Waals surface area contributed by atoms with Gasteiger partial charge in [0, 0.05) is 6.42 Å². The molecule has 0 aromatic carbocycles. The van der Waals surface area contributed by atoms with Crippen LogP contribution in [0.3, 0.4) is 0 Å². The van der Waals surface area contributed by atoms with Gasteiger partial charge in [-0.3, -0.25) is 4.79 Å². The summed E-state index contributed by atoms with van der Waals surface area (Å²) in [6.07, 6.45) is 2.56. The van der Waals surface area contributed by atoms with E-state index in [1.807, 2.05) is 27.7 Å². The minimum absolute atomic E-state index is 0.0648. The van der Waals surface area contributed by atoms with Gasteiger partial charge < -0.3 is 9.68 Å². The third-order valence-electron chi connectivity index (χ3n) is 3.95. The van der Waals surface area contributed by atoms with Crippen LogP contribution >= 0.6 is 0 Å². The molecule has 1 fully saturated rings. The van der Waals surface area contributed by atoms with Gasteiger partial charge in [-0.15, -0.1) is 15.2 Å². The highest BCUT2D eigenvalue weighted by atomic mass is 16.9. The molecule has 21 heavy (non-hydrogen) atoms. The summed E-state index contributed by atoms with van der Waals surface area (Å²) in [6, 6.07) is 0. The lowest BCUT2D eigenvalue weighted by Gasteiger charge is -2.44. The molecule has 1 heterocycles. The minimum atomic E-state index is -0.752. The van der Waals surface area contributed by atoms with Crippen molar-refractivity contribution in [2.45, 2.75) is 71.4 Å². The zero-order valence-corrected chi connectivity index (χ0v) is 13.5. The zero-order valence-electron chi connectivity index (χ0n) is 13.5. The van der Waals surface area contributed by atoms with E-state index in [2.05, 4.69) is 4.84 Å². The van der Waals surface area contributed by atoms with Crippen molar-refractivity contribution in [1.29, 1.82) is 0 Å². The molecule has 0 aliphatic carbocycles. The Morgan fingerprint density at radius 2 is 1.95 bits per heavy atom. The summed E-state index contributed by atoms with van der Waals surface area (Å²) < 4.78 is 0. The van der Waals surface area contributed by atoms with Crippen molar-refractivity contribution in [3.8, 4) is 0 Å². The van der Waals surface area contributed by atoms with E-state index in [-0.39, 0.29) is 24.0 Å². The average Bonchev–Trinajstić information content (AvgIpc) is 2.45. The van der Waals surface area contributed by atoms with Gasteiger partial charge in [-0.25, -0.2) is 0 Å². The van der Waals surface area contributed by atoms with Crippen molar-refractivity contribution >= 4 is 5.97 Å². The Hall–Kier alpha value is -1.37. The monoisotopic (exact) mass is 302 g/mol. The van der Waals surface area contributed by atoms with E-state index in [0.717, 1.165) is 12.8 Å². The van der Waals surface area contributed by atoms with Gasteiger partial charge in [-0.2, -0.15) is 0 Å². The van der Waals surface area contributed by atoms with E-state index in [1.54, 1.807) is 12.0 Å². The van der Waals surface area contributed by atoms with Crippen LogP contribution in [0.25, 0.3) is 0 Å². The minimum Gasteiger partial charge on any atom is -0.367 e. The molecule has 0 aromatic rings. The van der Waals surface area contributed by atoms with E-state index < -0.39 is 10.6 Å². The number of hydroxylamine groups is 2. The summed E-state index contributed by atoms with van der Waals surface area (Å²) in [5.74, 6) is -0.203. The quantitative estimate of drug-likeness (QED) is 0.573. The third kappa shape index (κ3) is 4.84. The highest BCUT2D eigenvalue weighted by Gasteiger charge is 2.45. The molecular formula is C14H26N2O5. The summed E-state index contributed by atoms with van der Waals surface area (Å²) in [7, 11) is 0. The Morgan fingerprint density at radius 1 is 1.33 bits per heavy atom. The fourth-order valence-electron chi connectivity index (χ4n) is 3.09. The predicted molar refractivity (Wildman–Crippen MR) is 76.7 cm³/mol. The summed E-state index contributed by atoms with van der Waals surface area (Å²) in [4.78, 5) is 32.1. The van der Waals surface area contributed by atoms with Gasteiger partial charge in [0.2, 0.25) is 0 Å². The van der Waals surface area contributed by atoms with Crippen molar-refractivity contribution in [1.82, 2.24) is 5.06 Å². The van der Waals surface area contributed by atoms with Crippen LogP contribution in [0.2, 0.25) is 0 Å². The zero-order chi connectivity index (χ0) is 16.3. The molecule has 0 N–H and O–H groups in total. The smallest absolute Gasteiger partial charge is 0.324 e. The Labute approximate surface area is 125 Å². The maximum atomic E-state index is 11.7. The molecule has 0 bridgehead atoms. The lowest BCUT2D eigenvalue weighted by molar-refractivity contribution is -0.759. The maximum Gasteiger partial charge on any atom is 0.324 e. The molecular weight excluding hydrogens is 276 g/mol. The second-order valence-electron chi connectivity index (χ2n) is 6.86. The topological polar surface area (TPSA) is 81.9 Å². The van der Waals surface area contributed by atoms with Gasteiger partial charge in [-0.1, -0.05) is 6.92 Å². The van der Waals surface area contributed by atoms with Crippen molar-refractivity contribution < 1.29 is 19.6 Å². The Kier molecular flexibility index (Phi) is 5.55. The second kappa shape index (κ2) is 6.60. The van der Waals surface area contributed by atoms with Gasteiger partial charge >= 0.3 is 5.97 Å². The average molecular weight is 302 g/mol. The molecule has 1 aliphatic rings. The van der Waals surface area contributed by atoms with Crippen molar-refractivity contribution in [2.24, 2.45) is 5.92 Å². The van der Waals surface area contributed by atoms with Crippen LogP contribution in [0, 0.1) is 16.0 Å². The molecule has 0 spiro atoms. The summed E-state index contributed by atoms with van der Waals surface area (Å²) in [6.45, 7) is 9.86. The highest BCUT2D eigenvalue weighted by Crippen LogP contribution is 2.39. The fourth-order valence-corrected chi connectivity index (χ4v) is 3.09. The number of nitrogens with zero attached hydrogens (tertiary/aromatic N) is 2.